The molecule has 0 saturated carbocycles. The molecule has 0 N–H and O–H groups in total. The molecule has 0 aromatic heterocycles. The summed E-state index contributed by atoms with van der Waals surface area (Å²) in [7, 11) is 0. The van der Waals surface area contributed by atoms with Gasteiger partial charge in [-0.3, -0.25) is 0 Å². The van der Waals surface area contributed by atoms with E-state index in [9.17, 15) is 0 Å². The molecule has 0 aromatic carbocycles. The second kappa shape index (κ2) is 26.0. The molecule has 0 nitrogen and oxygen atoms in total. The first kappa shape index (κ1) is 27.0. The van der Waals surface area contributed by atoms with Crippen molar-refractivity contribution >= 4 is 0 Å². The second-order valence-corrected chi connectivity index (χ2v) is 8.19. The highest BCUT2D eigenvalue weighted by molar-refractivity contribution is 5.13. The topological polar surface area (TPSA) is 0 Å². The molecule has 0 fully saturated rings. The Bertz CT molecular complexity index is 371. The highest BCUT2D eigenvalue weighted by Crippen LogP contribution is 2.14. The maximum atomic E-state index is 5.26. The summed E-state index contributed by atoms with van der Waals surface area (Å²) in [6.07, 6.45) is 40.9. The van der Waals surface area contributed by atoms with Gasteiger partial charge in [0.05, 0.1) is 0 Å². The molecule has 0 spiro atoms. The lowest BCUT2D eigenvalue weighted by molar-refractivity contribution is 0.525. The molecule has 0 aliphatic rings. The zero-order valence-corrected chi connectivity index (χ0v) is 19.1. The molecule has 0 amide bonds. The molecule has 0 unspecified atom stereocenters. The summed E-state index contributed by atoms with van der Waals surface area (Å²) >= 11 is 0. The molecule has 0 heterocycles. The zero-order chi connectivity index (χ0) is 20.4. The molecule has 28 heavy (non-hydrogen) atoms. The Hall–Kier alpha value is -1.04. The lowest BCUT2D eigenvalue weighted by Gasteiger charge is -2.03. The Morgan fingerprint density at radius 1 is 0.429 bits per heavy atom. The fraction of sp³-hybridized carbons (Fsp3) is 0.714. The number of hydrogen-bond acceptors (Lipinski definition) is 0. The van der Waals surface area contributed by atoms with Crippen LogP contribution in [0, 0.1) is 6.58 Å². The SMILES string of the molecule is [CH]=C/C=C/C=C/C=C/CCCCCCCCCCCCCCCCCCCC. The Morgan fingerprint density at radius 2 is 0.786 bits per heavy atom. The van der Waals surface area contributed by atoms with Gasteiger partial charge >= 0.3 is 0 Å². The maximum Gasteiger partial charge on any atom is -0.0348 e. The molecule has 0 bridgehead atoms. The summed E-state index contributed by atoms with van der Waals surface area (Å²) < 4.78 is 0. The van der Waals surface area contributed by atoms with Crippen LogP contribution in [0.25, 0.3) is 0 Å². The quantitative estimate of drug-likeness (QED) is 0.128. The molecule has 1 radical (unpaired) electrons. The summed E-state index contributed by atoms with van der Waals surface area (Å²) in [5, 5.41) is 0. The van der Waals surface area contributed by atoms with E-state index >= 15 is 0 Å². The van der Waals surface area contributed by atoms with Gasteiger partial charge in [0.2, 0.25) is 0 Å². The smallest absolute Gasteiger partial charge is 0.0348 e. The third-order valence-corrected chi connectivity index (χ3v) is 5.42. The van der Waals surface area contributed by atoms with Crippen LogP contribution in [-0.2, 0) is 0 Å². The van der Waals surface area contributed by atoms with Crippen molar-refractivity contribution in [3.63, 3.8) is 0 Å². The minimum atomic E-state index is 1.20. The molecule has 161 valence electrons. The fourth-order valence-corrected chi connectivity index (χ4v) is 3.60. The van der Waals surface area contributed by atoms with E-state index in [-0.39, 0.29) is 0 Å². The highest BCUT2D eigenvalue weighted by Gasteiger charge is 1.94. The summed E-state index contributed by atoms with van der Waals surface area (Å²) in [6.45, 7) is 7.56. The lowest BCUT2D eigenvalue weighted by atomic mass is 10.0. The van der Waals surface area contributed by atoms with Crippen LogP contribution in [0.3, 0.4) is 0 Å². The fourth-order valence-electron chi connectivity index (χ4n) is 3.60. The van der Waals surface area contributed by atoms with Gasteiger partial charge < -0.3 is 0 Å². The predicted molar refractivity (Wildman–Crippen MR) is 130 cm³/mol. The van der Waals surface area contributed by atoms with Crippen LogP contribution in [0.1, 0.15) is 129 Å². The van der Waals surface area contributed by atoms with E-state index in [1.54, 1.807) is 6.08 Å². The Labute approximate surface area is 178 Å². The van der Waals surface area contributed by atoms with Gasteiger partial charge in [-0.2, -0.15) is 0 Å². The van der Waals surface area contributed by atoms with Gasteiger partial charge in [-0.05, 0) is 12.8 Å². The first-order valence-electron chi connectivity index (χ1n) is 12.4. The normalized spacial score (nSPS) is 12.0. The molecule has 0 saturated heterocycles. The minimum Gasteiger partial charge on any atom is -0.0845 e. The van der Waals surface area contributed by atoms with E-state index in [0.29, 0.717) is 0 Å². The van der Waals surface area contributed by atoms with E-state index in [0.717, 1.165) is 0 Å². The lowest BCUT2D eigenvalue weighted by Crippen LogP contribution is -1.84. The van der Waals surface area contributed by atoms with Gasteiger partial charge in [-0.25, -0.2) is 0 Å². The molecule has 0 rings (SSSR count). The Balaban J connectivity index is 3.10. The summed E-state index contributed by atoms with van der Waals surface area (Å²) in [5.41, 5.74) is 0. The van der Waals surface area contributed by atoms with Crippen LogP contribution in [0.5, 0.6) is 0 Å². The van der Waals surface area contributed by atoms with Crippen molar-refractivity contribution in [1.82, 2.24) is 0 Å². The highest BCUT2D eigenvalue weighted by atomic mass is 14.0. The maximum absolute atomic E-state index is 5.26. The summed E-state index contributed by atoms with van der Waals surface area (Å²) in [5.74, 6) is 0. The average Bonchev–Trinajstić information content (AvgIpc) is 2.71. The van der Waals surface area contributed by atoms with Crippen LogP contribution in [0.15, 0.2) is 42.5 Å². The number of allylic oxidation sites excluding steroid dienone is 7. The Morgan fingerprint density at radius 3 is 1.21 bits per heavy atom. The van der Waals surface area contributed by atoms with Crippen molar-refractivity contribution in [3.05, 3.63) is 49.1 Å². The number of unbranched alkanes of at least 4 members (excludes halogenated alkanes) is 18. The first-order valence-corrected chi connectivity index (χ1v) is 12.4. The van der Waals surface area contributed by atoms with E-state index in [1.807, 2.05) is 18.2 Å². The van der Waals surface area contributed by atoms with E-state index < -0.39 is 0 Å². The predicted octanol–water partition coefficient (Wildman–Crippen LogP) is 10.1. The third-order valence-electron chi connectivity index (χ3n) is 5.42. The van der Waals surface area contributed by atoms with Gasteiger partial charge in [0.1, 0.15) is 0 Å². The van der Waals surface area contributed by atoms with E-state index in [1.165, 1.54) is 122 Å². The van der Waals surface area contributed by atoms with Crippen LogP contribution < -0.4 is 0 Å². The monoisotopic (exact) mass is 385 g/mol. The molecule has 0 atom stereocenters. The van der Waals surface area contributed by atoms with Crippen molar-refractivity contribution < 1.29 is 0 Å². The standard InChI is InChI=1S/C28H49/c1-3-5-7-9-11-13-15-17-19-21-23-25-27-28-26-24-22-20-18-16-14-12-10-8-6-4-2/h1,3,5,7,9,11,13,15H,4,6,8,10,12,14,16-28H2,2H3/b3-1?,7-5+,11-9+,15-13+. The summed E-state index contributed by atoms with van der Waals surface area (Å²) in [4.78, 5) is 0. The largest absolute Gasteiger partial charge is 0.0845 e. The zero-order valence-electron chi connectivity index (χ0n) is 19.1. The van der Waals surface area contributed by atoms with E-state index in [2.05, 4.69) is 25.2 Å². The van der Waals surface area contributed by atoms with Gasteiger partial charge in [0, 0.05) is 0 Å². The number of hydrogen-bond donors (Lipinski definition) is 0. The van der Waals surface area contributed by atoms with Crippen LogP contribution in [0.4, 0.5) is 0 Å². The van der Waals surface area contributed by atoms with Crippen molar-refractivity contribution in [1.29, 1.82) is 0 Å². The van der Waals surface area contributed by atoms with Crippen LogP contribution >= 0.6 is 0 Å². The van der Waals surface area contributed by atoms with Gasteiger partial charge in [0.15, 0.2) is 0 Å². The van der Waals surface area contributed by atoms with Gasteiger partial charge in [-0.15, -0.1) is 0 Å². The van der Waals surface area contributed by atoms with Crippen molar-refractivity contribution in [2.24, 2.45) is 0 Å². The first-order chi connectivity index (χ1) is 13.9. The molecule has 0 heteroatoms. The van der Waals surface area contributed by atoms with Crippen molar-refractivity contribution in [3.8, 4) is 0 Å². The average molecular weight is 386 g/mol. The molecular formula is C28H49. The van der Waals surface area contributed by atoms with Crippen LogP contribution in [0.2, 0.25) is 0 Å². The summed E-state index contributed by atoms with van der Waals surface area (Å²) in [6, 6.07) is 0. The van der Waals surface area contributed by atoms with Gasteiger partial charge in [-0.1, -0.05) is 165 Å². The van der Waals surface area contributed by atoms with Crippen LogP contribution in [-0.4, -0.2) is 0 Å². The van der Waals surface area contributed by atoms with Crippen molar-refractivity contribution in [2.75, 3.05) is 0 Å². The molecular weight excluding hydrogens is 336 g/mol. The molecule has 0 aliphatic heterocycles. The molecule has 0 aromatic rings. The third kappa shape index (κ3) is 25.0. The minimum absolute atomic E-state index is 1.20. The number of rotatable bonds is 22. The van der Waals surface area contributed by atoms with E-state index in [4.69, 9.17) is 6.58 Å². The second-order valence-electron chi connectivity index (χ2n) is 8.19. The Kier molecular flexibility index (Phi) is 25.0. The molecule has 0 aliphatic carbocycles. The van der Waals surface area contributed by atoms with Crippen molar-refractivity contribution in [2.45, 2.75) is 129 Å². The van der Waals surface area contributed by atoms with Gasteiger partial charge in [0.25, 0.3) is 0 Å².